The van der Waals surface area contributed by atoms with Crippen molar-refractivity contribution in [1.29, 1.82) is 0 Å². The molecule has 8 nitrogen and oxygen atoms in total. The lowest BCUT2D eigenvalue weighted by atomic mass is 9.89. The number of amides is 1. The summed E-state index contributed by atoms with van der Waals surface area (Å²) in [5.74, 6) is -0.368. The first kappa shape index (κ1) is 19.9. The van der Waals surface area contributed by atoms with Crippen molar-refractivity contribution in [3.05, 3.63) is 59.4 Å². The number of hydrogen-bond acceptors (Lipinski definition) is 6. The highest BCUT2D eigenvalue weighted by molar-refractivity contribution is 5.98. The lowest BCUT2D eigenvalue weighted by Crippen LogP contribution is -2.54. The molecule has 9 heteroatoms. The second-order valence-electron chi connectivity index (χ2n) is 7.91. The third-order valence-corrected chi connectivity index (χ3v) is 5.39. The van der Waals surface area contributed by atoms with E-state index in [-0.39, 0.29) is 5.56 Å². The van der Waals surface area contributed by atoms with Gasteiger partial charge >= 0.3 is 0 Å². The fraction of sp³-hybridized carbons (Fsp3) is 0.381. The summed E-state index contributed by atoms with van der Waals surface area (Å²) < 4.78 is 14.6. The Morgan fingerprint density at radius 3 is 2.37 bits per heavy atom. The monoisotopic (exact) mass is 409 g/mol. The Kier molecular flexibility index (Phi) is 5.19. The fourth-order valence-corrected chi connectivity index (χ4v) is 3.75. The molecule has 30 heavy (non-hydrogen) atoms. The quantitative estimate of drug-likeness (QED) is 0.713. The first-order valence-corrected chi connectivity index (χ1v) is 9.90. The molecule has 4 rings (SSSR count). The zero-order chi connectivity index (χ0) is 21.3. The van der Waals surface area contributed by atoms with Gasteiger partial charge in [-0.15, -0.1) is 0 Å². The van der Waals surface area contributed by atoms with Crippen LogP contribution in [0.3, 0.4) is 0 Å². The SMILES string of the molecule is Cc1cc(C)nc(N2CCC(C)(NC(=O)c3c(F)cccc3-n3nccn3)CC2)n1. The van der Waals surface area contributed by atoms with E-state index in [2.05, 4.69) is 30.4 Å². The highest BCUT2D eigenvalue weighted by Crippen LogP contribution is 2.26. The predicted octanol–water partition coefficient (Wildman–Crippen LogP) is 2.60. The largest absolute Gasteiger partial charge is 0.347 e. The molecule has 1 aliphatic heterocycles. The van der Waals surface area contributed by atoms with Crippen molar-refractivity contribution in [1.82, 2.24) is 30.3 Å². The van der Waals surface area contributed by atoms with Crippen LogP contribution in [0.25, 0.3) is 5.69 Å². The topological polar surface area (TPSA) is 88.8 Å². The van der Waals surface area contributed by atoms with E-state index < -0.39 is 17.3 Å². The Labute approximate surface area is 174 Å². The molecule has 0 radical (unpaired) electrons. The maximum atomic E-state index is 14.6. The zero-order valence-corrected chi connectivity index (χ0v) is 17.3. The molecule has 1 fully saturated rings. The van der Waals surface area contributed by atoms with Crippen LogP contribution in [0, 0.1) is 19.7 Å². The van der Waals surface area contributed by atoms with Gasteiger partial charge in [-0.1, -0.05) is 6.07 Å². The van der Waals surface area contributed by atoms with Crippen LogP contribution < -0.4 is 10.2 Å². The molecular weight excluding hydrogens is 385 g/mol. The van der Waals surface area contributed by atoms with E-state index in [4.69, 9.17) is 0 Å². The van der Waals surface area contributed by atoms with E-state index in [0.717, 1.165) is 11.4 Å². The number of halogens is 1. The minimum absolute atomic E-state index is 0.0602. The molecule has 3 aromatic rings. The van der Waals surface area contributed by atoms with Gasteiger partial charge in [0.1, 0.15) is 17.1 Å². The van der Waals surface area contributed by atoms with Gasteiger partial charge in [0.25, 0.3) is 5.91 Å². The van der Waals surface area contributed by atoms with Crippen LogP contribution in [-0.4, -0.2) is 49.5 Å². The number of aromatic nitrogens is 5. The van der Waals surface area contributed by atoms with Crippen LogP contribution in [0.4, 0.5) is 10.3 Å². The van der Waals surface area contributed by atoms with Crippen LogP contribution in [0.1, 0.15) is 41.5 Å². The normalized spacial score (nSPS) is 15.8. The highest BCUT2D eigenvalue weighted by atomic mass is 19.1. The average Bonchev–Trinajstić information content (AvgIpc) is 3.22. The first-order chi connectivity index (χ1) is 14.3. The number of benzene rings is 1. The summed E-state index contributed by atoms with van der Waals surface area (Å²) in [6.45, 7) is 7.28. The Morgan fingerprint density at radius 2 is 1.73 bits per heavy atom. The van der Waals surface area contributed by atoms with Gasteiger partial charge in [0, 0.05) is 30.0 Å². The van der Waals surface area contributed by atoms with Crippen molar-refractivity contribution in [3.8, 4) is 5.69 Å². The molecule has 0 aliphatic carbocycles. The third kappa shape index (κ3) is 4.00. The van der Waals surface area contributed by atoms with Crippen molar-refractivity contribution in [2.45, 2.75) is 39.2 Å². The molecule has 1 aliphatic rings. The standard InChI is InChI=1S/C21H24FN7O/c1-14-13-15(2)26-20(25-14)28-11-7-21(3,8-12-28)27-19(30)18-16(22)5-4-6-17(18)29-23-9-10-24-29/h4-6,9-10,13H,7-8,11-12H2,1-3H3,(H,27,30). The molecule has 0 unspecified atom stereocenters. The van der Waals surface area contributed by atoms with E-state index in [9.17, 15) is 9.18 Å². The molecule has 1 aromatic carbocycles. The predicted molar refractivity (Wildman–Crippen MR) is 110 cm³/mol. The van der Waals surface area contributed by atoms with Crippen LogP contribution in [0.2, 0.25) is 0 Å². The van der Waals surface area contributed by atoms with Crippen LogP contribution >= 0.6 is 0 Å². The smallest absolute Gasteiger partial charge is 0.256 e. The molecule has 1 saturated heterocycles. The third-order valence-electron chi connectivity index (χ3n) is 5.39. The van der Waals surface area contributed by atoms with Gasteiger partial charge < -0.3 is 10.2 Å². The number of aryl methyl sites for hydroxylation is 2. The number of carbonyl (C=O) groups is 1. The number of rotatable bonds is 4. The summed E-state index contributed by atoms with van der Waals surface area (Å²) in [6.07, 6.45) is 4.36. The molecule has 1 amide bonds. The molecule has 0 saturated carbocycles. The molecule has 1 N–H and O–H groups in total. The Bertz CT molecular complexity index is 1040. The molecule has 0 bridgehead atoms. The summed E-state index contributed by atoms with van der Waals surface area (Å²) in [6, 6.07) is 6.37. The zero-order valence-electron chi connectivity index (χ0n) is 17.3. The number of carbonyl (C=O) groups excluding carboxylic acids is 1. The molecular formula is C21H24FN7O. The fourth-order valence-electron chi connectivity index (χ4n) is 3.75. The number of hydrogen-bond donors (Lipinski definition) is 1. The lowest BCUT2D eigenvalue weighted by molar-refractivity contribution is 0.0887. The van der Waals surface area contributed by atoms with E-state index >= 15 is 0 Å². The van der Waals surface area contributed by atoms with Crippen molar-refractivity contribution in [2.24, 2.45) is 0 Å². The van der Waals surface area contributed by atoms with Crippen molar-refractivity contribution in [2.75, 3.05) is 18.0 Å². The summed E-state index contributed by atoms with van der Waals surface area (Å²) >= 11 is 0. The minimum Gasteiger partial charge on any atom is -0.347 e. The number of piperidine rings is 1. The van der Waals surface area contributed by atoms with Gasteiger partial charge in [0.05, 0.1) is 12.4 Å². The maximum absolute atomic E-state index is 14.6. The van der Waals surface area contributed by atoms with E-state index in [1.807, 2.05) is 26.8 Å². The van der Waals surface area contributed by atoms with Crippen LogP contribution in [0.15, 0.2) is 36.7 Å². The van der Waals surface area contributed by atoms with Gasteiger partial charge in [-0.05, 0) is 51.8 Å². The Balaban J connectivity index is 1.50. The maximum Gasteiger partial charge on any atom is 0.256 e. The van der Waals surface area contributed by atoms with Crippen LogP contribution in [-0.2, 0) is 0 Å². The summed E-state index contributed by atoms with van der Waals surface area (Å²) in [5.41, 5.74) is 1.64. The van der Waals surface area contributed by atoms with Crippen molar-refractivity contribution >= 4 is 11.9 Å². The van der Waals surface area contributed by atoms with Crippen molar-refractivity contribution < 1.29 is 9.18 Å². The molecule has 156 valence electrons. The van der Waals surface area contributed by atoms with Gasteiger partial charge in [0.15, 0.2) is 0 Å². The van der Waals surface area contributed by atoms with Crippen LogP contribution in [0.5, 0.6) is 0 Å². The second-order valence-corrected chi connectivity index (χ2v) is 7.91. The van der Waals surface area contributed by atoms with Gasteiger partial charge in [0.2, 0.25) is 5.95 Å². The molecule has 0 spiro atoms. The lowest BCUT2D eigenvalue weighted by Gasteiger charge is -2.40. The number of nitrogens with one attached hydrogen (secondary N) is 1. The number of anilines is 1. The number of nitrogens with zero attached hydrogens (tertiary/aromatic N) is 6. The molecule has 3 heterocycles. The summed E-state index contributed by atoms with van der Waals surface area (Å²) in [4.78, 5) is 25.5. The Morgan fingerprint density at radius 1 is 1.10 bits per heavy atom. The first-order valence-electron chi connectivity index (χ1n) is 9.90. The van der Waals surface area contributed by atoms with E-state index in [1.165, 1.54) is 29.3 Å². The molecule has 0 atom stereocenters. The Hall–Kier alpha value is -3.36. The minimum atomic E-state index is -0.605. The summed E-state index contributed by atoms with van der Waals surface area (Å²) in [5, 5.41) is 11.1. The molecule has 2 aromatic heterocycles. The van der Waals surface area contributed by atoms with Crippen molar-refractivity contribution in [3.63, 3.8) is 0 Å². The van der Waals surface area contributed by atoms with E-state index in [0.29, 0.717) is 37.6 Å². The average molecular weight is 409 g/mol. The van der Waals surface area contributed by atoms with Gasteiger partial charge in [-0.25, -0.2) is 14.4 Å². The summed E-state index contributed by atoms with van der Waals surface area (Å²) in [7, 11) is 0. The second kappa shape index (κ2) is 7.81. The van der Waals surface area contributed by atoms with E-state index in [1.54, 1.807) is 6.07 Å². The van der Waals surface area contributed by atoms with Gasteiger partial charge in [-0.2, -0.15) is 15.0 Å². The highest BCUT2D eigenvalue weighted by Gasteiger charge is 2.34. The van der Waals surface area contributed by atoms with Gasteiger partial charge in [-0.3, -0.25) is 4.79 Å².